The summed E-state index contributed by atoms with van der Waals surface area (Å²) in [6.45, 7) is 4.29. The minimum Gasteiger partial charge on any atom is -0.384 e. The van der Waals surface area contributed by atoms with E-state index in [-0.39, 0.29) is 5.84 Å². The molecule has 1 aliphatic rings. The molecule has 0 unspecified atom stereocenters. The molecule has 106 valence electrons. The van der Waals surface area contributed by atoms with Crippen LogP contribution in [0.25, 0.3) is 11.0 Å². The summed E-state index contributed by atoms with van der Waals surface area (Å²) in [4.78, 5) is 6.80. The highest BCUT2D eigenvalue weighted by atomic mass is 15.4. The summed E-state index contributed by atoms with van der Waals surface area (Å²) < 4.78 is 1.88. The number of para-hydroxylation sites is 1. The molecule has 1 aromatic carbocycles. The minimum absolute atomic E-state index is 0.0682. The molecule has 6 nitrogen and oxygen atoms in total. The number of fused-ring (bicyclic) bond motifs is 1. The molecule has 0 aliphatic carbocycles. The van der Waals surface area contributed by atoms with Gasteiger partial charge < -0.3 is 16.1 Å². The SMILES string of the molecule is N=C(N)c1cccc2ncn(NCCN3CCCC3)c12. The van der Waals surface area contributed by atoms with E-state index in [2.05, 4.69) is 15.3 Å². The highest BCUT2D eigenvalue weighted by Crippen LogP contribution is 2.16. The Hall–Kier alpha value is -2.08. The number of likely N-dealkylation sites (tertiary alicyclic amines) is 1. The molecule has 0 radical (unpaired) electrons. The predicted octanol–water partition coefficient (Wildman–Crippen LogP) is 0.960. The smallest absolute Gasteiger partial charge is 0.125 e. The van der Waals surface area contributed by atoms with E-state index in [1.54, 1.807) is 6.33 Å². The maximum Gasteiger partial charge on any atom is 0.125 e. The lowest BCUT2D eigenvalue weighted by Crippen LogP contribution is -2.29. The summed E-state index contributed by atoms with van der Waals surface area (Å²) in [5.74, 6) is 0.0682. The number of aromatic nitrogens is 2. The molecule has 4 N–H and O–H groups in total. The van der Waals surface area contributed by atoms with E-state index < -0.39 is 0 Å². The van der Waals surface area contributed by atoms with Gasteiger partial charge in [-0.25, -0.2) is 9.66 Å². The maximum atomic E-state index is 7.67. The Labute approximate surface area is 118 Å². The van der Waals surface area contributed by atoms with E-state index in [1.165, 1.54) is 25.9 Å². The van der Waals surface area contributed by atoms with Crippen molar-refractivity contribution in [3.63, 3.8) is 0 Å². The second kappa shape index (κ2) is 5.50. The van der Waals surface area contributed by atoms with Gasteiger partial charge in [0.05, 0.1) is 5.52 Å². The Morgan fingerprint density at radius 2 is 2.15 bits per heavy atom. The monoisotopic (exact) mass is 272 g/mol. The van der Waals surface area contributed by atoms with Crippen LogP contribution in [0.4, 0.5) is 0 Å². The van der Waals surface area contributed by atoms with Crippen molar-refractivity contribution < 1.29 is 0 Å². The van der Waals surface area contributed by atoms with Crippen molar-refractivity contribution in [2.75, 3.05) is 31.6 Å². The molecule has 0 bridgehead atoms. The van der Waals surface area contributed by atoms with Crippen molar-refractivity contribution in [3.8, 4) is 0 Å². The van der Waals surface area contributed by atoms with Crippen molar-refractivity contribution in [3.05, 3.63) is 30.1 Å². The van der Waals surface area contributed by atoms with Crippen molar-refractivity contribution >= 4 is 16.9 Å². The number of nitrogen functional groups attached to an aromatic ring is 1. The van der Waals surface area contributed by atoms with Crippen LogP contribution in [0.2, 0.25) is 0 Å². The fourth-order valence-corrected chi connectivity index (χ4v) is 2.74. The number of amidine groups is 1. The van der Waals surface area contributed by atoms with Gasteiger partial charge in [0.15, 0.2) is 0 Å². The lowest BCUT2D eigenvalue weighted by Gasteiger charge is -2.16. The van der Waals surface area contributed by atoms with Gasteiger partial charge in [-0.15, -0.1) is 0 Å². The summed E-state index contributed by atoms with van der Waals surface area (Å²) in [6, 6.07) is 5.66. The Kier molecular flexibility index (Phi) is 3.56. The van der Waals surface area contributed by atoms with Crippen LogP contribution >= 0.6 is 0 Å². The van der Waals surface area contributed by atoms with Gasteiger partial charge in [-0.1, -0.05) is 6.07 Å². The quantitative estimate of drug-likeness (QED) is 0.559. The van der Waals surface area contributed by atoms with Crippen LogP contribution in [-0.4, -0.2) is 46.6 Å². The van der Waals surface area contributed by atoms with Crippen molar-refractivity contribution in [1.29, 1.82) is 5.41 Å². The molecule has 0 saturated carbocycles. The lowest BCUT2D eigenvalue weighted by molar-refractivity contribution is 0.349. The number of imidazole rings is 1. The first-order chi connectivity index (χ1) is 9.75. The molecule has 0 amide bonds. The normalized spacial score (nSPS) is 15.8. The summed E-state index contributed by atoms with van der Waals surface area (Å²) in [5.41, 5.74) is 11.4. The molecule has 1 fully saturated rings. The van der Waals surface area contributed by atoms with E-state index in [1.807, 2.05) is 22.9 Å². The Bertz CT molecular complexity index is 611. The van der Waals surface area contributed by atoms with E-state index >= 15 is 0 Å². The van der Waals surface area contributed by atoms with Gasteiger partial charge in [-0.3, -0.25) is 5.41 Å². The molecule has 0 spiro atoms. The van der Waals surface area contributed by atoms with Crippen LogP contribution in [0.3, 0.4) is 0 Å². The Balaban J connectivity index is 1.75. The van der Waals surface area contributed by atoms with Crippen molar-refractivity contribution in [2.24, 2.45) is 5.73 Å². The number of hydrogen-bond acceptors (Lipinski definition) is 4. The molecule has 1 saturated heterocycles. The third-order valence-corrected chi connectivity index (χ3v) is 3.77. The van der Waals surface area contributed by atoms with Gasteiger partial charge in [0.25, 0.3) is 0 Å². The fraction of sp³-hybridized carbons (Fsp3) is 0.429. The van der Waals surface area contributed by atoms with Crippen LogP contribution in [0.5, 0.6) is 0 Å². The summed E-state index contributed by atoms with van der Waals surface area (Å²) in [6.07, 6.45) is 4.37. The maximum absolute atomic E-state index is 7.67. The van der Waals surface area contributed by atoms with E-state index in [9.17, 15) is 0 Å². The van der Waals surface area contributed by atoms with Gasteiger partial charge in [-0.05, 0) is 38.1 Å². The van der Waals surface area contributed by atoms with E-state index in [0.29, 0.717) is 5.56 Å². The first kappa shape index (κ1) is 12.9. The number of nitrogens with zero attached hydrogens (tertiary/aromatic N) is 3. The number of nitrogens with two attached hydrogens (primary N) is 1. The van der Waals surface area contributed by atoms with Gasteiger partial charge >= 0.3 is 0 Å². The molecule has 2 heterocycles. The molecular weight excluding hydrogens is 252 g/mol. The first-order valence-corrected chi connectivity index (χ1v) is 7.02. The molecule has 1 aliphatic heterocycles. The zero-order valence-corrected chi connectivity index (χ0v) is 11.5. The van der Waals surface area contributed by atoms with Gasteiger partial charge in [0, 0.05) is 18.7 Å². The highest BCUT2D eigenvalue weighted by molar-refractivity contribution is 6.05. The second-order valence-electron chi connectivity index (χ2n) is 5.16. The molecule has 3 rings (SSSR count). The Morgan fingerprint density at radius 3 is 2.90 bits per heavy atom. The van der Waals surface area contributed by atoms with E-state index in [0.717, 1.165) is 24.1 Å². The molecule has 2 aromatic rings. The average molecular weight is 272 g/mol. The van der Waals surface area contributed by atoms with Gasteiger partial charge in [0.2, 0.25) is 0 Å². The summed E-state index contributed by atoms with van der Waals surface area (Å²) in [5, 5.41) is 7.67. The topological polar surface area (TPSA) is 83.0 Å². The van der Waals surface area contributed by atoms with Crippen LogP contribution in [0.1, 0.15) is 18.4 Å². The van der Waals surface area contributed by atoms with Crippen LogP contribution < -0.4 is 11.2 Å². The number of hydrogen-bond donors (Lipinski definition) is 3. The first-order valence-electron chi connectivity index (χ1n) is 7.02. The van der Waals surface area contributed by atoms with Crippen LogP contribution in [0.15, 0.2) is 24.5 Å². The number of benzene rings is 1. The predicted molar refractivity (Wildman–Crippen MR) is 80.7 cm³/mol. The summed E-state index contributed by atoms with van der Waals surface area (Å²) >= 11 is 0. The minimum atomic E-state index is 0.0682. The van der Waals surface area contributed by atoms with E-state index in [4.69, 9.17) is 11.1 Å². The number of nitrogens with one attached hydrogen (secondary N) is 2. The Morgan fingerprint density at radius 1 is 1.35 bits per heavy atom. The second-order valence-corrected chi connectivity index (χ2v) is 5.16. The average Bonchev–Trinajstić information content (AvgIpc) is 3.08. The van der Waals surface area contributed by atoms with Crippen molar-refractivity contribution in [2.45, 2.75) is 12.8 Å². The molecule has 1 aromatic heterocycles. The number of rotatable bonds is 5. The summed E-state index contributed by atoms with van der Waals surface area (Å²) in [7, 11) is 0. The highest BCUT2D eigenvalue weighted by Gasteiger charge is 2.12. The zero-order valence-electron chi connectivity index (χ0n) is 11.5. The molecular formula is C14H20N6. The standard InChI is InChI=1S/C14H20N6/c15-14(16)11-4-3-5-12-13(11)20(10-17-12)18-6-9-19-7-1-2-8-19/h3-5,10,18H,1-2,6-9H2,(H3,15,16). The molecule has 20 heavy (non-hydrogen) atoms. The molecule has 6 heteroatoms. The van der Waals surface area contributed by atoms with Crippen LogP contribution in [-0.2, 0) is 0 Å². The van der Waals surface area contributed by atoms with Gasteiger partial charge in [0.1, 0.15) is 17.7 Å². The third-order valence-electron chi connectivity index (χ3n) is 3.77. The lowest BCUT2D eigenvalue weighted by atomic mass is 10.1. The van der Waals surface area contributed by atoms with Gasteiger partial charge in [-0.2, -0.15) is 0 Å². The largest absolute Gasteiger partial charge is 0.384 e. The van der Waals surface area contributed by atoms with Crippen molar-refractivity contribution in [1.82, 2.24) is 14.6 Å². The fourth-order valence-electron chi connectivity index (χ4n) is 2.74. The zero-order chi connectivity index (χ0) is 13.9. The van der Waals surface area contributed by atoms with Crippen LogP contribution in [0, 0.1) is 5.41 Å². The molecule has 0 atom stereocenters. The third kappa shape index (κ3) is 2.46.